The molecule has 3 rings (SSSR count). The van der Waals surface area contributed by atoms with E-state index in [1.165, 1.54) is 19.3 Å². The van der Waals surface area contributed by atoms with Gasteiger partial charge in [-0.1, -0.05) is 0 Å². The van der Waals surface area contributed by atoms with Gasteiger partial charge in [-0.25, -0.2) is 9.97 Å². The van der Waals surface area contributed by atoms with Crippen molar-refractivity contribution in [3.8, 4) is 5.82 Å². The van der Waals surface area contributed by atoms with Gasteiger partial charge in [-0.05, 0) is 37.8 Å². The number of anilines is 1. The van der Waals surface area contributed by atoms with Gasteiger partial charge in [-0.2, -0.15) is 0 Å². The number of nitrogens with one attached hydrogen (secondary N) is 1. The predicted molar refractivity (Wildman–Crippen MR) is 78.0 cm³/mol. The minimum absolute atomic E-state index is 0.388. The van der Waals surface area contributed by atoms with Crippen LogP contribution in [0.1, 0.15) is 25.7 Å². The minimum atomic E-state index is 0.388. The van der Waals surface area contributed by atoms with Crippen molar-refractivity contribution < 1.29 is 4.74 Å². The minimum Gasteiger partial charge on any atom is -0.381 e. The Morgan fingerprint density at radius 3 is 3.00 bits per heavy atom. The third-order valence-corrected chi connectivity index (χ3v) is 3.85. The number of aromatic nitrogens is 3. The molecule has 1 fully saturated rings. The van der Waals surface area contributed by atoms with E-state index in [1.54, 1.807) is 19.6 Å². The van der Waals surface area contributed by atoms with Gasteiger partial charge in [-0.3, -0.25) is 4.57 Å². The molecular weight excluding hydrogens is 252 g/mol. The van der Waals surface area contributed by atoms with Crippen LogP contribution in [0.3, 0.4) is 0 Å². The number of nitrogens with zero attached hydrogens (tertiary/aromatic N) is 3. The van der Waals surface area contributed by atoms with E-state index >= 15 is 0 Å². The summed E-state index contributed by atoms with van der Waals surface area (Å²) in [5.41, 5.74) is 1.07. The van der Waals surface area contributed by atoms with E-state index in [9.17, 15) is 0 Å². The average Bonchev–Trinajstić information content (AvgIpc) is 3.02. The maximum atomic E-state index is 5.46. The smallest absolute Gasteiger partial charge is 0.137 e. The molecule has 2 unspecified atom stereocenters. The van der Waals surface area contributed by atoms with Crippen LogP contribution < -0.4 is 5.32 Å². The van der Waals surface area contributed by atoms with Crippen LogP contribution in [-0.2, 0) is 4.74 Å². The van der Waals surface area contributed by atoms with Crippen molar-refractivity contribution in [2.24, 2.45) is 0 Å². The zero-order chi connectivity index (χ0) is 13.8. The van der Waals surface area contributed by atoms with Crippen molar-refractivity contribution in [3.63, 3.8) is 0 Å². The lowest BCUT2D eigenvalue weighted by molar-refractivity contribution is 0.0669. The molecule has 1 saturated carbocycles. The Morgan fingerprint density at radius 1 is 1.35 bits per heavy atom. The fourth-order valence-electron chi connectivity index (χ4n) is 2.74. The highest BCUT2D eigenvalue weighted by molar-refractivity contribution is 5.44. The summed E-state index contributed by atoms with van der Waals surface area (Å²) in [6.45, 7) is 0. The van der Waals surface area contributed by atoms with Crippen molar-refractivity contribution in [1.29, 1.82) is 0 Å². The number of hydrogen-bond acceptors (Lipinski definition) is 4. The monoisotopic (exact) mass is 272 g/mol. The van der Waals surface area contributed by atoms with Crippen molar-refractivity contribution in [2.75, 3.05) is 12.4 Å². The molecule has 20 heavy (non-hydrogen) atoms. The molecule has 1 aliphatic carbocycles. The van der Waals surface area contributed by atoms with Crippen LogP contribution in [0.2, 0.25) is 0 Å². The summed E-state index contributed by atoms with van der Waals surface area (Å²) in [6, 6.07) is 4.55. The SMILES string of the molecule is COC1CCCC(Nc2ccc(-n3ccnc3)nc2)C1. The molecule has 2 atom stereocenters. The molecule has 5 nitrogen and oxygen atoms in total. The lowest BCUT2D eigenvalue weighted by Gasteiger charge is -2.29. The molecular formula is C15H20N4O. The molecule has 2 aromatic heterocycles. The van der Waals surface area contributed by atoms with Crippen LogP contribution in [0.25, 0.3) is 5.82 Å². The summed E-state index contributed by atoms with van der Waals surface area (Å²) in [7, 11) is 1.80. The zero-order valence-electron chi connectivity index (χ0n) is 11.7. The predicted octanol–water partition coefficient (Wildman–Crippen LogP) is 2.64. The van der Waals surface area contributed by atoms with E-state index in [1.807, 2.05) is 23.0 Å². The number of imidazole rings is 1. The van der Waals surface area contributed by atoms with Gasteiger partial charge in [0.15, 0.2) is 0 Å². The summed E-state index contributed by atoms with van der Waals surface area (Å²) in [6.07, 6.45) is 12.3. The number of hydrogen-bond donors (Lipinski definition) is 1. The Kier molecular flexibility index (Phi) is 3.97. The summed E-state index contributed by atoms with van der Waals surface area (Å²) in [4.78, 5) is 8.48. The summed E-state index contributed by atoms with van der Waals surface area (Å²) >= 11 is 0. The highest BCUT2D eigenvalue weighted by Crippen LogP contribution is 2.23. The first-order valence-corrected chi connectivity index (χ1v) is 7.09. The zero-order valence-corrected chi connectivity index (χ0v) is 11.7. The van der Waals surface area contributed by atoms with Gasteiger partial charge >= 0.3 is 0 Å². The Bertz CT molecular complexity index is 523. The molecule has 0 saturated heterocycles. The normalized spacial score (nSPS) is 22.6. The van der Waals surface area contributed by atoms with Crippen molar-refractivity contribution >= 4 is 5.69 Å². The lowest BCUT2D eigenvalue weighted by atomic mass is 9.93. The molecule has 0 aromatic carbocycles. The van der Waals surface area contributed by atoms with Gasteiger partial charge in [0.25, 0.3) is 0 Å². The second-order valence-corrected chi connectivity index (χ2v) is 5.24. The Hall–Kier alpha value is -1.88. The first-order valence-electron chi connectivity index (χ1n) is 7.09. The van der Waals surface area contributed by atoms with E-state index < -0.39 is 0 Å². The first kappa shape index (κ1) is 13.1. The van der Waals surface area contributed by atoms with Gasteiger partial charge in [0, 0.05) is 25.5 Å². The van der Waals surface area contributed by atoms with Crippen LogP contribution in [-0.4, -0.2) is 33.8 Å². The Labute approximate surface area is 119 Å². The van der Waals surface area contributed by atoms with Gasteiger partial charge in [0.05, 0.1) is 18.0 Å². The van der Waals surface area contributed by atoms with Crippen LogP contribution >= 0.6 is 0 Å². The van der Waals surface area contributed by atoms with Crippen LogP contribution in [0.5, 0.6) is 0 Å². The maximum Gasteiger partial charge on any atom is 0.137 e. The molecule has 2 heterocycles. The Morgan fingerprint density at radius 2 is 2.30 bits per heavy atom. The number of rotatable bonds is 4. The van der Waals surface area contributed by atoms with Crippen molar-refractivity contribution in [2.45, 2.75) is 37.8 Å². The topological polar surface area (TPSA) is 52.0 Å². The van der Waals surface area contributed by atoms with Crippen LogP contribution in [0.4, 0.5) is 5.69 Å². The van der Waals surface area contributed by atoms with E-state index in [0.29, 0.717) is 12.1 Å². The lowest BCUT2D eigenvalue weighted by Crippen LogP contribution is -2.31. The molecule has 0 aliphatic heterocycles. The fraction of sp³-hybridized carbons (Fsp3) is 0.467. The van der Waals surface area contributed by atoms with Crippen LogP contribution in [0, 0.1) is 0 Å². The standard InChI is InChI=1S/C15H20N4O/c1-20-14-4-2-3-12(9-14)18-13-5-6-15(17-10-13)19-8-7-16-11-19/h5-8,10-12,14,18H,2-4,9H2,1H3. The molecule has 0 radical (unpaired) electrons. The molecule has 0 amide bonds. The highest BCUT2D eigenvalue weighted by Gasteiger charge is 2.21. The first-order chi connectivity index (χ1) is 9.85. The fourth-order valence-corrected chi connectivity index (χ4v) is 2.74. The van der Waals surface area contributed by atoms with E-state index in [0.717, 1.165) is 17.9 Å². The number of ether oxygens (including phenoxy) is 1. The molecule has 1 aliphatic rings. The average molecular weight is 272 g/mol. The summed E-state index contributed by atoms with van der Waals surface area (Å²) in [5.74, 6) is 0.881. The third-order valence-electron chi connectivity index (χ3n) is 3.85. The second kappa shape index (κ2) is 6.05. The molecule has 0 spiro atoms. The largest absolute Gasteiger partial charge is 0.381 e. The Balaban J connectivity index is 1.63. The number of pyridine rings is 1. The second-order valence-electron chi connectivity index (χ2n) is 5.24. The molecule has 5 heteroatoms. The molecule has 1 N–H and O–H groups in total. The molecule has 106 valence electrons. The highest BCUT2D eigenvalue weighted by atomic mass is 16.5. The molecule has 2 aromatic rings. The van der Waals surface area contributed by atoms with Crippen molar-refractivity contribution in [1.82, 2.24) is 14.5 Å². The van der Waals surface area contributed by atoms with Crippen molar-refractivity contribution in [3.05, 3.63) is 37.1 Å². The molecule has 0 bridgehead atoms. The summed E-state index contributed by atoms with van der Waals surface area (Å²) < 4.78 is 7.36. The third kappa shape index (κ3) is 2.99. The number of methoxy groups -OCH3 is 1. The van der Waals surface area contributed by atoms with Gasteiger partial charge in [0.1, 0.15) is 12.1 Å². The van der Waals surface area contributed by atoms with Gasteiger partial charge < -0.3 is 10.1 Å². The quantitative estimate of drug-likeness (QED) is 0.929. The van der Waals surface area contributed by atoms with E-state index in [2.05, 4.69) is 21.4 Å². The van der Waals surface area contributed by atoms with Gasteiger partial charge in [0.2, 0.25) is 0 Å². The maximum absolute atomic E-state index is 5.46. The van der Waals surface area contributed by atoms with Gasteiger partial charge in [-0.15, -0.1) is 0 Å². The van der Waals surface area contributed by atoms with E-state index in [4.69, 9.17) is 4.74 Å². The van der Waals surface area contributed by atoms with E-state index in [-0.39, 0.29) is 0 Å². The van der Waals surface area contributed by atoms with Crippen LogP contribution in [0.15, 0.2) is 37.1 Å². The summed E-state index contributed by atoms with van der Waals surface area (Å²) in [5, 5.41) is 3.55.